The standard InChI is InChI=1S/C17H15ClFNO2/c18-15-6-7-17(14(8-15)9-20)22-12-16(19)11-21-10-13-4-2-1-3-5-13/h1-8,16H,10-12H2/t16-/m1/s1. The van der Waals surface area contributed by atoms with E-state index in [-0.39, 0.29) is 18.8 Å². The Morgan fingerprint density at radius 1 is 1.14 bits per heavy atom. The molecule has 0 aromatic heterocycles. The predicted octanol–water partition coefficient (Wildman–Crippen LogP) is 4.15. The van der Waals surface area contributed by atoms with Crippen molar-refractivity contribution in [3.63, 3.8) is 0 Å². The van der Waals surface area contributed by atoms with E-state index in [1.54, 1.807) is 12.1 Å². The van der Waals surface area contributed by atoms with E-state index >= 15 is 0 Å². The number of rotatable bonds is 7. The van der Waals surface area contributed by atoms with Crippen LogP contribution in [-0.2, 0) is 11.3 Å². The minimum absolute atomic E-state index is 0.0651. The summed E-state index contributed by atoms with van der Waals surface area (Å²) >= 11 is 5.78. The van der Waals surface area contributed by atoms with Gasteiger partial charge >= 0.3 is 0 Å². The van der Waals surface area contributed by atoms with Crippen LogP contribution in [0, 0.1) is 11.3 Å². The van der Waals surface area contributed by atoms with Crippen LogP contribution in [0.2, 0.25) is 5.02 Å². The Kier molecular flexibility index (Phi) is 6.20. The van der Waals surface area contributed by atoms with Gasteiger partial charge in [-0.15, -0.1) is 0 Å². The Balaban J connectivity index is 1.76. The predicted molar refractivity (Wildman–Crippen MR) is 82.7 cm³/mol. The number of alkyl halides is 1. The van der Waals surface area contributed by atoms with Crippen LogP contribution >= 0.6 is 11.6 Å². The lowest BCUT2D eigenvalue weighted by atomic mass is 10.2. The molecule has 2 aromatic rings. The lowest BCUT2D eigenvalue weighted by molar-refractivity contribution is 0.0488. The molecule has 0 N–H and O–H groups in total. The van der Waals surface area contributed by atoms with Crippen LogP contribution in [0.1, 0.15) is 11.1 Å². The molecule has 3 nitrogen and oxygen atoms in total. The topological polar surface area (TPSA) is 42.2 Å². The van der Waals surface area contributed by atoms with Crippen LogP contribution in [-0.4, -0.2) is 19.4 Å². The molecule has 0 unspecified atom stereocenters. The van der Waals surface area contributed by atoms with E-state index in [2.05, 4.69) is 0 Å². The first-order valence-corrected chi connectivity index (χ1v) is 7.15. The van der Waals surface area contributed by atoms with E-state index in [4.69, 9.17) is 26.3 Å². The molecule has 1 atom stereocenters. The number of nitriles is 1. The highest BCUT2D eigenvalue weighted by Crippen LogP contribution is 2.22. The first-order chi connectivity index (χ1) is 10.7. The molecule has 0 amide bonds. The van der Waals surface area contributed by atoms with Crippen molar-refractivity contribution in [3.8, 4) is 11.8 Å². The first kappa shape index (κ1) is 16.3. The van der Waals surface area contributed by atoms with Gasteiger partial charge in [0.25, 0.3) is 0 Å². The maximum Gasteiger partial charge on any atom is 0.157 e. The molecule has 0 aliphatic heterocycles. The second kappa shape index (κ2) is 8.38. The Morgan fingerprint density at radius 3 is 2.64 bits per heavy atom. The molecule has 5 heteroatoms. The van der Waals surface area contributed by atoms with E-state index in [9.17, 15) is 4.39 Å². The van der Waals surface area contributed by atoms with Crippen molar-refractivity contribution in [1.29, 1.82) is 5.26 Å². The number of halogens is 2. The fourth-order valence-corrected chi connectivity index (χ4v) is 1.99. The highest BCUT2D eigenvalue weighted by molar-refractivity contribution is 6.30. The number of ether oxygens (including phenoxy) is 2. The molecule has 0 heterocycles. The third-order valence-electron chi connectivity index (χ3n) is 2.89. The molecule has 0 radical (unpaired) electrons. The molecule has 2 aromatic carbocycles. The number of hydrogen-bond acceptors (Lipinski definition) is 3. The molecule has 0 saturated carbocycles. The van der Waals surface area contributed by atoms with Gasteiger partial charge in [0.05, 0.1) is 18.8 Å². The molecular weight excluding hydrogens is 305 g/mol. The second-order valence-electron chi connectivity index (χ2n) is 4.66. The molecule has 2 rings (SSSR count). The van der Waals surface area contributed by atoms with Crippen LogP contribution in [0.4, 0.5) is 4.39 Å². The highest BCUT2D eigenvalue weighted by Gasteiger charge is 2.10. The smallest absolute Gasteiger partial charge is 0.157 e. The fourth-order valence-electron chi connectivity index (χ4n) is 1.82. The van der Waals surface area contributed by atoms with Gasteiger partial charge in [-0.3, -0.25) is 0 Å². The van der Waals surface area contributed by atoms with Crippen molar-refractivity contribution in [3.05, 3.63) is 64.7 Å². The van der Waals surface area contributed by atoms with E-state index in [0.29, 0.717) is 17.4 Å². The zero-order valence-corrected chi connectivity index (χ0v) is 12.6. The molecule has 0 saturated heterocycles. The van der Waals surface area contributed by atoms with Gasteiger partial charge in [0, 0.05) is 5.02 Å². The SMILES string of the molecule is N#Cc1cc(Cl)ccc1OC[C@H](F)COCc1ccccc1. The Morgan fingerprint density at radius 2 is 1.91 bits per heavy atom. The maximum absolute atomic E-state index is 13.7. The number of hydrogen-bond donors (Lipinski definition) is 0. The monoisotopic (exact) mass is 319 g/mol. The van der Waals surface area contributed by atoms with Gasteiger partial charge in [-0.05, 0) is 23.8 Å². The summed E-state index contributed by atoms with van der Waals surface area (Å²) in [6, 6.07) is 16.1. The van der Waals surface area contributed by atoms with Crippen LogP contribution in [0.15, 0.2) is 48.5 Å². The normalized spacial score (nSPS) is 11.7. The summed E-state index contributed by atoms with van der Waals surface area (Å²) < 4.78 is 24.4. The quantitative estimate of drug-likeness (QED) is 0.770. The summed E-state index contributed by atoms with van der Waals surface area (Å²) in [5.74, 6) is 0.317. The van der Waals surface area contributed by atoms with Crippen LogP contribution in [0.25, 0.3) is 0 Å². The summed E-state index contributed by atoms with van der Waals surface area (Å²) in [5, 5.41) is 9.41. The average molecular weight is 320 g/mol. The summed E-state index contributed by atoms with van der Waals surface area (Å²) in [6.07, 6.45) is -1.27. The van der Waals surface area contributed by atoms with E-state index in [1.165, 1.54) is 6.07 Å². The van der Waals surface area contributed by atoms with Gasteiger partial charge < -0.3 is 9.47 Å². The Labute approximate surface area is 133 Å². The zero-order chi connectivity index (χ0) is 15.8. The largest absolute Gasteiger partial charge is 0.489 e. The van der Waals surface area contributed by atoms with Gasteiger partial charge in [-0.25, -0.2) is 4.39 Å². The minimum Gasteiger partial charge on any atom is -0.489 e. The van der Waals surface area contributed by atoms with Crippen molar-refractivity contribution in [2.45, 2.75) is 12.8 Å². The van der Waals surface area contributed by atoms with Crippen molar-refractivity contribution in [2.75, 3.05) is 13.2 Å². The van der Waals surface area contributed by atoms with E-state index < -0.39 is 6.17 Å². The summed E-state index contributed by atoms with van der Waals surface area (Å²) in [4.78, 5) is 0. The minimum atomic E-state index is -1.27. The van der Waals surface area contributed by atoms with Crippen molar-refractivity contribution in [1.82, 2.24) is 0 Å². The average Bonchev–Trinajstić information content (AvgIpc) is 2.54. The maximum atomic E-state index is 13.7. The lowest BCUT2D eigenvalue weighted by Gasteiger charge is -2.12. The Hall–Kier alpha value is -2.09. The number of nitrogens with zero attached hydrogens (tertiary/aromatic N) is 1. The Bertz CT molecular complexity index is 643. The van der Waals surface area contributed by atoms with Gasteiger partial charge in [-0.2, -0.15) is 5.26 Å². The lowest BCUT2D eigenvalue weighted by Crippen LogP contribution is -2.19. The molecular formula is C17H15ClFNO2. The van der Waals surface area contributed by atoms with Crippen molar-refractivity contribution in [2.24, 2.45) is 0 Å². The van der Waals surface area contributed by atoms with Gasteiger partial charge in [0.15, 0.2) is 6.17 Å². The third-order valence-corrected chi connectivity index (χ3v) is 3.13. The fraction of sp³-hybridized carbons (Fsp3) is 0.235. The summed E-state index contributed by atoms with van der Waals surface area (Å²) in [7, 11) is 0. The van der Waals surface area contributed by atoms with Gasteiger partial charge in [-0.1, -0.05) is 41.9 Å². The first-order valence-electron chi connectivity index (χ1n) is 6.77. The van der Waals surface area contributed by atoms with Gasteiger partial charge in [0.2, 0.25) is 0 Å². The van der Waals surface area contributed by atoms with E-state index in [0.717, 1.165) is 5.56 Å². The van der Waals surface area contributed by atoms with Crippen LogP contribution < -0.4 is 4.74 Å². The third kappa shape index (κ3) is 5.03. The molecule has 114 valence electrons. The van der Waals surface area contributed by atoms with Gasteiger partial charge in [0.1, 0.15) is 18.4 Å². The van der Waals surface area contributed by atoms with Crippen molar-refractivity contribution < 1.29 is 13.9 Å². The second-order valence-corrected chi connectivity index (χ2v) is 5.10. The van der Waals surface area contributed by atoms with Crippen LogP contribution in [0.3, 0.4) is 0 Å². The number of benzene rings is 2. The molecule has 22 heavy (non-hydrogen) atoms. The molecule has 0 aliphatic carbocycles. The molecule has 0 fully saturated rings. The zero-order valence-electron chi connectivity index (χ0n) is 11.8. The van der Waals surface area contributed by atoms with E-state index in [1.807, 2.05) is 36.4 Å². The molecule has 0 spiro atoms. The highest BCUT2D eigenvalue weighted by atomic mass is 35.5. The van der Waals surface area contributed by atoms with Crippen molar-refractivity contribution >= 4 is 11.6 Å². The molecule has 0 bridgehead atoms. The molecule has 0 aliphatic rings. The summed E-state index contributed by atoms with van der Waals surface area (Å²) in [6.45, 7) is 0.112. The summed E-state index contributed by atoms with van der Waals surface area (Å²) in [5.41, 5.74) is 1.27. The van der Waals surface area contributed by atoms with Crippen LogP contribution in [0.5, 0.6) is 5.75 Å².